The van der Waals surface area contributed by atoms with E-state index < -0.39 is 0 Å². The maximum absolute atomic E-state index is 4.65. The smallest absolute Gasteiger partial charge is 0.196 e. The average Bonchev–Trinajstić information content (AvgIpc) is 3.17. The number of aryl methyl sites for hydroxylation is 3. The van der Waals surface area contributed by atoms with E-state index in [2.05, 4.69) is 34.1 Å². The lowest BCUT2D eigenvalue weighted by Gasteiger charge is -2.11. The van der Waals surface area contributed by atoms with Gasteiger partial charge in [-0.2, -0.15) is 0 Å². The first kappa shape index (κ1) is 14.2. The summed E-state index contributed by atoms with van der Waals surface area (Å²) in [6.45, 7) is 5.24. The third-order valence-electron chi connectivity index (χ3n) is 4.06. The van der Waals surface area contributed by atoms with E-state index >= 15 is 0 Å². The van der Waals surface area contributed by atoms with Crippen LogP contribution < -0.4 is 5.32 Å². The Bertz CT molecular complexity index is 604. The van der Waals surface area contributed by atoms with Crippen LogP contribution in [0.25, 0.3) is 11.6 Å². The van der Waals surface area contributed by atoms with Gasteiger partial charge in [-0.05, 0) is 51.6 Å². The van der Waals surface area contributed by atoms with E-state index in [1.54, 1.807) is 6.20 Å². The SMILES string of the molecule is Cc1nc(-c2nccn2C)nc(C)c1CCCNC1CC1. The lowest BCUT2D eigenvalue weighted by molar-refractivity contribution is 0.641. The Morgan fingerprint density at radius 1 is 1.24 bits per heavy atom. The summed E-state index contributed by atoms with van der Waals surface area (Å²) in [5.41, 5.74) is 3.43. The van der Waals surface area contributed by atoms with Gasteiger partial charge in [0.25, 0.3) is 0 Å². The molecule has 2 heterocycles. The lowest BCUT2D eigenvalue weighted by Crippen LogP contribution is -2.18. The molecule has 0 atom stereocenters. The molecule has 5 heteroatoms. The molecule has 0 spiro atoms. The van der Waals surface area contributed by atoms with E-state index in [9.17, 15) is 0 Å². The molecule has 2 aromatic heterocycles. The van der Waals surface area contributed by atoms with Crippen molar-refractivity contribution in [1.29, 1.82) is 0 Å². The molecule has 0 unspecified atom stereocenters. The van der Waals surface area contributed by atoms with Crippen LogP contribution in [0.3, 0.4) is 0 Å². The Morgan fingerprint density at radius 2 is 1.95 bits per heavy atom. The standard InChI is InChI=1S/C16H23N5/c1-11-14(5-4-8-17-13-6-7-13)12(2)20-15(19-11)16-18-9-10-21(16)3/h9-10,13,17H,4-8H2,1-3H3. The second kappa shape index (κ2) is 5.93. The molecule has 1 N–H and O–H groups in total. The molecule has 0 amide bonds. The predicted molar refractivity (Wildman–Crippen MR) is 83.1 cm³/mol. The Kier molecular flexibility index (Phi) is 4.01. The highest BCUT2D eigenvalue weighted by atomic mass is 15.1. The molecule has 2 aromatic rings. The van der Waals surface area contributed by atoms with Gasteiger partial charge >= 0.3 is 0 Å². The maximum Gasteiger partial charge on any atom is 0.196 e. The molecular weight excluding hydrogens is 262 g/mol. The van der Waals surface area contributed by atoms with E-state index in [0.717, 1.165) is 48.5 Å². The van der Waals surface area contributed by atoms with Crippen LogP contribution in [-0.2, 0) is 13.5 Å². The van der Waals surface area contributed by atoms with E-state index in [0.29, 0.717) is 0 Å². The Hall–Kier alpha value is -1.75. The van der Waals surface area contributed by atoms with Crippen LogP contribution in [-0.4, -0.2) is 32.1 Å². The second-order valence-corrected chi connectivity index (χ2v) is 5.89. The lowest BCUT2D eigenvalue weighted by atomic mass is 10.1. The summed E-state index contributed by atoms with van der Waals surface area (Å²) < 4.78 is 1.95. The molecule has 0 bridgehead atoms. The number of nitrogens with one attached hydrogen (secondary N) is 1. The fourth-order valence-corrected chi connectivity index (χ4v) is 2.64. The van der Waals surface area contributed by atoms with Crippen molar-refractivity contribution < 1.29 is 0 Å². The van der Waals surface area contributed by atoms with Crippen LogP contribution in [0.15, 0.2) is 12.4 Å². The van der Waals surface area contributed by atoms with Gasteiger partial charge in [-0.3, -0.25) is 0 Å². The summed E-state index contributed by atoms with van der Waals surface area (Å²) in [7, 11) is 1.97. The zero-order valence-corrected chi connectivity index (χ0v) is 13.1. The number of nitrogens with zero attached hydrogens (tertiary/aromatic N) is 4. The molecule has 1 saturated carbocycles. The summed E-state index contributed by atoms with van der Waals surface area (Å²) in [6, 6.07) is 0.786. The molecule has 21 heavy (non-hydrogen) atoms. The fourth-order valence-electron chi connectivity index (χ4n) is 2.64. The molecule has 1 aliphatic rings. The summed E-state index contributed by atoms with van der Waals surface area (Å²) in [5.74, 6) is 1.54. The molecule has 1 aliphatic carbocycles. The highest BCUT2D eigenvalue weighted by Gasteiger charge is 2.19. The topological polar surface area (TPSA) is 55.6 Å². The van der Waals surface area contributed by atoms with Gasteiger partial charge in [0.1, 0.15) is 0 Å². The molecule has 5 nitrogen and oxygen atoms in total. The van der Waals surface area contributed by atoms with Crippen LogP contribution >= 0.6 is 0 Å². The van der Waals surface area contributed by atoms with Crippen molar-refractivity contribution >= 4 is 0 Å². The number of rotatable bonds is 6. The molecule has 0 aromatic carbocycles. The third kappa shape index (κ3) is 3.29. The van der Waals surface area contributed by atoms with Crippen LogP contribution in [0.5, 0.6) is 0 Å². The highest BCUT2D eigenvalue weighted by molar-refractivity contribution is 5.46. The minimum Gasteiger partial charge on any atom is -0.331 e. The largest absolute Gasteiger partial charge is 0.331 e. The van der Waals surface area contributed by atoms with Crippen molar-refractivity contribution in [2.24, 2.45) is 7.05 Å². The van der Waals surface area contributed by atoms with Gasteiger partial charge in [-0.15, -0.1) is 0 Å². The quantitative estimate of drug-likeness (QED) is 0.827. The fraction of sp³-hybridized carbons (Fsp3) is 0.562. The highest BCUT2D eigenvalue weighted by Crippen LogP contribution is 2.20. The zero-order chi connectivity index (χ0) is 14.8. The van der Waals surface area contributed by atoms with Gasteiger partial charge in [-0.1, -0.05) is 0 Å². The summed E-state index contributed by atoms with van der Waals surface area (Å²) in [5, 5.41) is 3.55. The number of hydrogen-bond acceptors (Lipinski definition) is 4. The first-order valence-corrected chi connectivity index (χ1v) is 7.70. The molecule has 3 rings (SSSR count). The van der Waals surface area contributed by atoms with Gasteiger partial charge in [0.2, 0.25) is 0 Å². The Morgan fingerprint density at radius 3 is 2.52 bits per heavy atom. The van der Waals surface area contributed by atoms with Crippen molar-refractivity contribution in [3.8, 4) is 11.6 Å². The average molecular weight is 285 g/mol. The van der Waals surface area contributed by atoms with E-state index in [4.69, 9.17) is 0 Å². The monoisotopic (exact) mass is 285 g/mol. The molecule has 112 valence electrons. The van der Waals surface area contributed by atoms with Gasteiger partial charge < -0.3 is 9.88 Å². The van der Waals surface area contributed by atoms with Crippen LogP contribution in [0, 0.1) is 13.8 Å². The van der Waals surface area contributed by atoms with Crippen LogP contribution in [0.4, 0.5) is 0 Å². The van der Waals surface area contributed by atoms with Crippen molar-refractivity contribution in [2.75, 3.05) is 6.54 Å². The summed E-state index contributed by atoms with van der Waals surface area (Å²) in [6.07, 6.45) is 8.57. The number of imidazole rings is 1. The predicted octanol–water partition coefficient (Wildman–Crippen LogP) is 2.18. The summed E-state index contributed by atoms with van der Waals surface area (Å²) in [4.78, 5) is 13.6. The maximum atomic E-state index is 4.65. The first-order valence-electron chi connectivity index (χ1n) is 7.70. The van der Waals surface area contributed by atoms with Crippen molar-refractivity contribution in [1.82, 2.24) is 24.8 Å². The van der Waals surface area contributed by atoms with E-state index in [1.807, 2.05) is 17.8 Å². The number of aromatic nitrogens is 4. The second-order valence-electron chi connectivity index (χ2n) is 5.89. The van der Waals surface area contributed by atoms with Gasteiger partial charge in [0.15, 0.2) is 11.6 Å². The molecule has 0 saturated heterocycles. The van der Waals surface area contributed by atoms with E-state index in [-0.39, 0.29) is 0 Å². The zero-order valence-electron chi connectivity index (χ0n) is 13.1. The molecule has 1 fully saturated rings. The molecule has 0 radical (unpaired) electrons. The van der Waals surface area contributed by atoms with Gasteiger partial charge in [0.05, 0.1) is 0 Å². The van der Waals surface area contributed by atoms with Crippen LogP contribution in [0.1, 0.15) is 36.2 Å². The minimum atomic E-state index is 0.720. The Labute approximate surface area is 125 Å². The van der Waals surface area contributed by atoms with Crippen molar-refractivity contribution in [2.45, 2.75) is 45.6 Å². The normalized spacial score (nSPS) is 14.6. The van der Waals surface area contributed by atoms with Gasteiger partial charge in [-0.25, -0.2) is 15.0 Å². The van der Waals surface area contributed by atoms with E-state index in [1.165, 1.54) is 18.4 Å². The minimum absolute atomic E-state index is 0.720. The Balaban J connectivity index is 1.71. The van der Waals surface area contributed by atoms with Crippen molar-refractivity contribution in [3.05, 3.63) is 29.3 Å². The van der Waals surface area contributed by atoms with Crippen LogP contribution in [0.2, 0.25) is 0 Å². The third-order valence-corrected chi connectivity index (χ3v) is 4.06. The van der Waals surface area contributed by atoms with Gasteiger partial charge in [0, 0.05) is 36.9 Å². The molecule has 0 aliphatic heterocycles. The van der Waals surface area contributed by atoms with Crippen molar-refractivity contribution in [3.63, 3.8) is 0 Å². The summed E-state index contributed by atoms with van der Waals surface area (Å²) >= 11 is 0. The first-order chi connectivity index (χ1) is 10.1. The number of hydrogen-bond donors (Lipinski definition) is 1. The molecular formula is C16H23N5.